The van der Waals surface area contributed by atoms with Crippen molar-refractivity contribution < 1.29 is 20.1 Å². The molecule has 2 aliphatic carbocycles. The summed E-state index contributed by atoms with van der Waals surface area (Å²) in [6.07, 6.45) is 17.0. The molecule has 4 heteroatoms. The molecule has 2 spiro atoms. The molecule has 2 saturated carbocycles. The molecule has 3 nitrogen and oxygen atoms in total. The molecule has 411 valence electrons. The Hall–Kier alpha value is -8.14. The Morgan fingerprint density at radius 1 is 0.373 bits per heavy atom. The molecule has 0 N–H and O–H groups in total. The molecule has 1 aromatic heterocycles. The van der Waals surface area contributed by atoms with E-state index >= 15 is 0 Å². The molecular weight excluding hydrogens is 1180 g/mol. The van der Waals surface area contributed by atoms with E-state index in [1.165, 1.54) is 113 Å². The third-order valence-electron chi connectivity index (χ3n) is 18.1. The van der Waals surface area contributed by atoms with Crippen LogP contribution in [-0.4, -0.2) is 4.98 Å². The summed E-state index contributed by atoms with van der Waals surface area (Å²) in [5, 5.41) is 0. The number of rotatable bonds is 11. The number of pyridine rings is 1. The summed E-state index contributed by atoms with van der Waals surface area (Å²) in [6.45, 7) is 13.8. The van der Waals surface area contributed by atoms with Gasteiger partial charge in [0, 0.05) is 26.3 Å². The predicted octanol–water partition coefficient (Wildman–Crippen LogP) is 21.0. The van der Waals surface area contributed by atoms with Crippen LogP contribution in [0.2, 0.25) is 0 Å². The van der Waals surface area contributed by atoms with Gasteiger partial charge in [0.15, 0.2) is 0 Å². The Balaban J connectivity index is 0.00000645. The number of aryl methyl sites for hydroxylation is 2. The van der Waals surface area contributed by atoms with Gasteiger partial charge in [-0.25, -0.2) is 13.1 Å². The zero-order valence-electron chi connectivity index (χ0n) is 47.8. The molecule has 2 aliphatic heterocycles. The number of aromatic nitrogens is 1. The van der Waals surface area contributed by atoms with E-state index in [1.54, 1.807) is 0 Å². The quantitative estimate of drug-likeness (QED) is 0.120. The van der Waals surface area contributed by atoms with E-state index in [9.17, 15) is 0 Å². The monoisotopic (exact) mass is 1250 g/mol. The van der Waals surface area contributed by atoms with Gasteiger partial charge in [0.2, 0.25) is 0 Å². The summed E-state index contributed by atoms with van der Waals surface area (Å²) in [7, 11) is 0. The molecule has 0 saturated heterocycles. The third-order valence-corrected chi connectivity index (χ3v) is 18.1. The molecular formula is C79H66IrN3-5. The van der Waals surface area contributed by atoms with Crippen LogP contribution >= 0.6 is 0 Å². The third kappa shape index (κ3) is 10.5. The molecule has 10 aromatic rings. The zero-order chi connectivity index (χ0) is 55.4. The van der Waals surface area contributed by atoms with E-state index < -0.39 is 0 Å². The van der Waals surface area contributed by atoms with Crippen LogP contribution in [0.4, 0.5) is 11.4 Å². The number of benzene rings is 9. The van der Waals surface area contributed by atoms with Gasteiger partial charge in [-0.15, -0.1) is 75.3 Å². The van der Waals surface area contributed by atoms with Crippen molar-refractivity contribution in [2.24, 2.45) is 10.8 Å². The predicted molar refractivity (Wildman–Crippen MR) is 342 cm³/mol. The number of anilines is 2. The molecule has 3 heterocycles. The normalized spacial score (nSPS) is 15.9. The molecule has 2 fully saturated rings. The van der Waals surface area contributed by atoms with Gasteiger partial charge in [0.1, 0.15) is 0 Å². The maximum absolute atomic E-state index is 4.89. The van der Waals surface area contributed by atoms with Crippen molar-refractivity contribution in [3.05, 3.63) is 272 Å². The Morgan fingerprint density at radius 2 is 0.771 bits per heavy atom. The maximum Gasteiger partial charge on any atom is 0.0166 e. The molecule has 0 amide bonds. The van der Waals surface area contributed by atoms with Crippen LogP contribution in [0.15, 0.2) is 230 Å². The first-order valence-electron chi connectivity index (χ1n) is 29.5. The minimum atomic E-state index is 0. The second-order valence-corrected chi connectivity index (χ2v) is 23.6. The van der Waals surface area contributed by atoms with Crippen molar-refractivity contribution in [3.8, 4) is 100 Å². The Kier molecular flexibility index (Phi) is 14.7. The molecule has 14 rings (SSSR count). The first kappa shape index (κ1) is 54.1. The fourth-order valence-corrected chi connectivity index (χ4v) is 14.0. The van der Waals surface area contributed by atoms with Crippen molar-refractivity contribution in [1.82, 2.24) is 4.98 Å². The van der Waals surface area contributed by atoms with Gasteiger partial charge in [-0.1, -0.05) is 207 Å². The summed E-state index contributed by atoms with van der Waals surface area (Å²) < 4.78 is 0. The fraction of sp³-hybridized carbons (Fsp3) is 0.177. The second-order valence-electron chi connectivity index (χ2n) is 23.6. The van der Waals surface area contributed by atoms with Crippen LogP contribution in [0.1, 0.15) is 76.3 Å². The molecule has 0 unspecified atom stereocenters. The van der Waals surface area contributed by atoms with Crippen LogP contribution in [-0.2, 0) is 20.1 Å². The zero-order valence-corrected chi connectivity index (χ0v) is 50.2. The van der Waals surface area contributed by atoms with Crippen LogP contribution in [0.5, 0.6) is 0 Å². The van der Waals surface area contributed by atoms with E-state index in [0.717, 1.165) is 72.7 Å². The molecule has 9 aromatic carbocycles. The van der Waals surface area contributed by atoms with Crippen molar-refractivity contribution >= 4 is 11.4 Å². The summed E-state index contributed by atoms with van der Waals surface area (Å²) in [5.41, 5.74) is 28.1. The minimum Gasteiger partial charge on any atom is -0.518 e. The van der Waals surface area contributed by atoms with Crippen molar-refractivity contribution in [1.29, 1.82) is 0 Å². The van der Waals surface area contributed by atoms with Gasteiger partial charge in [0.25, 0.3) is 0 Å². The standard InChI is InChI=1S/C79H66N3.Ir/c1-54-45-76(55(2)44-75(54)58-18-6-5-7-19-58)63-38-43-80-77(49-63)62-28-26-59(27-29-62)69-20-8-11-23-72(69)64-46-65(73-24-12-9-21-70(73)60-30-34-67(35-31-60)81-52-78(50-56(81)3)39-14-15-40-78)48-66(47-64)74-25-13-10-22-71(74)61-32-36-68(37-33-61)82-53-79(51-57(82)4)41-16-17-42-79;/h5-13,18-28,30-34,36,38,43-53H,14-17,39-42H2,1-4H3;/q-5;. The van der Waals surface area contributed by atoms with Gasteiger partial charge >= 0.3 is 0 Å². The Morgan fingerprint density at radius 3 is 1.18 bits per heavy atom. The molecule has 83 heavy (non-hydrogen) atoms. The van der Waals surface area contributed by atoms with E-state index in [2.05, 4.69) is 281 Å². The average Bonchev–Trinajstić information content (AvgIpc) is 4.49. The molecule has 0 bridgehead atoms. The van der Waals surface area contributed by atoms with E-state index in [0.29, 0.717) is 0 Å². The SMILES string of the molecule is CC1=CC2([CH-]N1c1[c-]cc(-c3ccccc3-c3cc(-c4ccccc4-c4c[c-]c(-c5cc(-c6cc(C)c(-c7ccccc7)cc6C)ccn5)cc4)cc(-c4ccccc4-c4c[c-]c(N5[CH-]C6(C=C5C)CCCC6)cc4)c3)cc1)CCCC2.[Ir]. The maximum atomic E-state index is 4.89. The molecule has 0 atom stereocenters. The topological polar surface area (TPSA) is 19.4 Å². The van der Waals surface area contributed by atoms with Gasteiger partial charge in [-0.2, -0.15) is 36.4 Å². The van der Waals surface area contributed by atoms with Crippen molar-refractivity contribution in [2.45, 2.75) is 79.1 Å². The van der Waals surface area contributed by atoms with Crippen LogP contribution in [0, 0.1) is 56.0 Å². The van der Waals surface area contributed by atoms with Crippen molar-refractivity contribution in [3.63, 3.8) is 0 Å². The van der Waals surface area contributed by atoms with Crippen LogP contribution in [0.25, 0.3) is 100 Å². The largest absolute Gasteiger partial charge is 0.518 e. The average molecular weight is 1250 g/mol. The van der Waals surface area contributed by atoms with Gasteiger partial charge in [-0.05, 0) is 136 Å². The summed E-state index contributed by atoms with van der Waals surface area (Å²) >= 11 is 0. The number of hydrogen-bond donors (Lipinski definition) is 0. The fourth-order valence-electron chi connectivity index (χ4n) is 14.0. The smallest absolute Gasteiger partial charge is 0.0166 e. The van der Waals surface area contributed by atoms with Gasteiger partial charge in [-0.3, -0.25) is 0 Å². The first-order valence-corrected chi connectivity index (χ1v) is 29.5. The second kappa shape index (κ2) is 22.6. The Labute approximate surface area is 505 Å². The van der Waals surface area contributed by atoms with Crippen LogP contribution in [0.3, 0.4) is 0 Å². The van der Waals surface area contributed by atoms with E-state index in [1.807, 2.05) is 6.20 Å². The number of hydrogen-bond acceptors (Lipinski definition) is 3. The first-order chi connectivity index (χ1) is 40.2. The molecule has 1 radical (unpaired) electrons. The number of allylic oxidation sites excluding steroid dienone is 2. The summed E-state index contributed by atoms with van der Waals surface area (Å²) in [5.74, 6) is 0. The Bertz CT molecular complexity index is 3930. The molecule has 4 aliphatic rings. The van der Waals surface area contributed by atoms with Gasteiger partial charge < -0.3 is 14.8 Å². The summed E-state index contributed by atoms with van der Waals surface area (Å²) in [6, 6.07) is 84.5. The van der Waals surface area contributed by atoms with Crippen LogP contribution < -0.4 is 9.80 Å². The van der Waals surface area contributed by atoms with E-state index in [4.69, 9.17) is 4.98 Å². The number of nitrogens with zero attached hydrogens (tertiary/aromatic N) is 3. The van der Waals surface area contributed by atoms with E-state index in [-0.39, 0.29) is 30.9 Å². The van der Waals surface area contributed by atoms with Crippen molar-refractivity contribution in [2.75, 3.05) is 9.80 Å². The summed E-state index contributed by atoms with van der Waals surface area (Å²) in [4.78, 5) is 9.61. The van der Waals surface area contributed by atoms with Gasteiger partial charge in [0.05, 0.1) is 0 Å². The minimum absolute atomic E-state index is 0.